The van der Waals surface area contributed by atoms with Crippen LogP contribution in [-0.2, 0) is 0 Å². The monoisotopic (exact) mass is 363 g/mol. The summed E-state index contributed by atoms with van der Waals surface area (Å²) in [7, 11) is 0. The molecule has 0 aliphatic carbocycles. The van der Waals surface area contributed by atoms with Gasteiger partial charge in [0.15, 0.2) is 0 Å². The van der Waals surface area contributed by atoms with Gasteiger partial charge in [-0.25, -0.2) is 4.39 Å². The second-order valence-corrected chi connectivity index (χ2v) is 6.65. The lowest BCUT2D eigenvalue weighted by atomic mass is 10.0. The Morgan fingerprint density at radius 1 is 1.25 bits per heavy atom. The van der Waals surface area contributed by atoms with Crippen LogP contribution in [0.25, 0.3) is 0 Å². The number of fused-ring (bicyclic) bond motifs is 1. The van der Waals surface area contributed by atoms with Crippen LogP contribution in [0, 0.1) is 5.82 Å². The second kappa shape index (κ2) is 6.58. The molecule has 0 radical (unpaired) electrons. The Morgan fingerprint density at radius 2 is 2.00 bits per heavy atom. The average Bonchev–Trinajstić information content (AvgIpc) is 2.79. The predicted octanol–water partition coefficient (Wildman–Crippen LogP) is 5.97. The van der Waals surface area contributed by atoms with E-state index in [-0.39, 0.29) is 18.0 Å². The number of hydrogen-bond donors (Lipinski definition) is 0. The van der Waals surface area contributed by atoms with Gasteiger partial charge in [-0.05, 0) is 48.7 Å². The van der Waals surface area contributed by atoms with Crippen LogP contribution in [-0.4, -0.2) is 10.8 Å². The van der Waals surface area contributed by atoms with Crippen LogP contribution in [0.2, 0.25) is 10.0 Å². The van der Waals surface area contributed by atoms with Crippen molar-refractivity contribution in [2.24, 2.45) is 0 Å². The van der Waals surface area contributed by atoms with Crippen molar-refractivity contribution in [3.8, 4) is 0 Å². The largest absolute Gasteiger partial charge is 0.324 e. The maximum atomic E-state index is 13.5. The number of hydrogen-bond acceptors (Lipinski definition) is 1. The lowest BCUT2D eigenvalue weighted by Gasteiger charge is -2.32. The number of carbonyl (C=O) groups is 1. The third kappa shape index (κ3) is 2.83. The number of rotatable bonds is 4. The summed E-state index contributed by atoms with van der Waals surface area (Å²) in [6.45, 7) is 5.73. The van der Waals surface area contributed by atoms with Crippen molar-refractivity contribution in [3.05, 3.63) is 81.6 Å². The van der Waals surface area contributed by atoms with E-state index < -0.39 is 5.82 Å². The zero-order valence-corrected chi connectivity index (χ0v) is 14.6. The zero-order chi connectivity index (χ0) is 17.4. The quantitative estimate of drug-likeness (QED) is 0.613. The molecule has 0 spiro atoms. The highest BCUT2D eigenvalue weighted by atomic mass is 35.5. The summed E-state index contributed by atoms with van der Waals surface area (Å²) in [6.07, 6.45) is 2.32. The van der Waals surface area contributed by atoms with Gasteiger partial charge in [0.2, 0.25) is 0 Å². The minimum atomic E-state index is -0.411. The van der Waals surface area contributed by atoms with E-state index in [1.165, 1.54) is 12.1 Å². The molecule has 0 fully saturated rings. The predicted molar refractivity (Wildman–Crippen MR) is 95.0 cm³/mol. The Morgan fingerprint density at radius 3 is 2.67 bits per heavy atom. The van der Waals surface area contributed by atoms with E-state index in [1.54, 1.807) is 29.2 Å². The van der Waals surface area contributed by atoms with E-state index in [1.807, 2.05) is 13.0 Å². The summed E-state index contributed by atoms with van der Waals surface area (Å²) in [5.41, 5.74) is 2.12. The van der Waals surface area contributed by atoms with Gasteiger partial charge >= 0.3 is 0 Å². The molecule has 0 saturated carbocycles. The third-order valence-electron chi connectivity index (χ3n) is 4.40. The minimum Gasteiger partial charge on any atom is -0.324 e. The minimum absolute atomic E-state index is 0.160. The molecular weight excluding hydrogens is 348 g/mol. The summed E-state index contributed by atoms with van der Waals surface area (Å²) in [6, 6.07) is 9.29. The summed E-state index contributed by atoms with van der Waals surface area (Å²) in [5, 5.41) is 0.898. The van der Waals surface area contributed by atoms with E-state index in [0.29, 0.717) is 22.0 Å². The molecule has 2 atom stereocenters. The number of nitrogens with zero attached hydrogens (tertiary/aromatic N) is 1. The van der Waals surface area contributed by atoms with Crippen LogP contribution < -0.4 is 0 Å². The van der Waals surface area contributed by atoms with Crippen molar-refractivity contribution >= 4 is 29.1 Å². The molecule has 1 amide bonds. The number of amides is 1. The van der Waals surface area contributed by atoms with Gasteiger partial charge < -0.3 is 4.90 Å². The van der Waals surface area contributed by atoms with E-state index in [0.717, 1.165) is 11.1 Å². The summed E-state index contributed by atoms with van der Waals surface area (Å²) in [5.74, 6) is -0.596. The van der Waals surface area contributed by atoms with Crippen molar-refractivity contribution in [3.63, 3.8) is 0 Å². The number of carbonyl (C=O) groups excluding carboxylic acids is 1. The van der Waals surface area contributed by atoms with Crippen molar-refractivity contribution < 1.29 is 9.18 Å². The average molecular weight is 364 g/mol. The van der Waals surface area contributed by atoms with Crippen molar-refractivity contribution in [1.82, 2.24) is 4.90 Å². The van der Waals surface area contributed by atoms with Crippen molar-refractivity contribution in [2.45, 2.75) is 25.4 Å². The van der Waals surface area contributed by atoms with E-state index >= 15 is 0 Å². The van der Waals surface area contributed by atoms with Gasteiger partial charge in [-0.3, -0.25) is 4.79 Å². The lowest BCUT2D eigenvalue weighted by Crippen LogP contribution is -2.31. The fourth-order valence-electron chi connectivity index (χ4n) is 3.24. The zero-order valence-electron chi connectivity index (χ0n) is 13.1. The Balaban J connectivity index is 2.05. The van der Waals surface area contributed by atoms with Gasteiger partial charge in [0, 0.05) is 5.56 Å². The molecule has 5 heteroatoms. The van der Waals surface area contributed by atoms with Crippen molar-refractivity contribution in [2.75, 3.05) is 0 Å². The molecule has 2 unspecified atom stereocenters. The van der Waals surface area contributed by atoms with Crippen LogP contribution in [0.15, 0.2) is 49.1 Å². The van der Waals surface area contributed by atoms with Crippen LogP contribution in [0.3, 0.4) is 0 Å². The maximum Gasteiger partial charge on any atom is 0.255 e. The number of halogens is 3. The molecule has 2 aromatic carbocycles. The normalized spacial score (nSPS) is 17.8. The Labute approximate surface area is 150 Å². The fourth-order valence-corrected chi connectivity index (χ4v) is 3.55. The summed E-state index contributed by atoms with van der Waals surface area (Å²) < 4.78 is 13.5. The molecule has 24 heavy (non-hydrogen) atoms. The SMILES string of the molecule is C=CCC(c1ccc(Cl)c(Cl)c1)N1C(=O)c2cc(F)ccc2C1C. The molecule has 1 aliphatic rings. The highest BCUT2D eigenvalue weighted by Crippen LogP contribution is 2.42. The van der Waals surface area contributed by atoms with Gasteiger partial charge in [-0.15, -0.1) is 6.58 Å². The highest BCUT2D eigenvalue weighted by Gasteiger charge is 2.38. The van der Waals surface area contributed by atoms with Crippen molar-refractivity contribution in [1.29, 1.82) is 0 Å². The molecule has 124 valence electrons. The highest BCUT2D eigenvalue weighted by molar-refractivity contribution is 6.42. The first-order valence-corrected chi connectivity index (χ1v) is 8.37. The van der Waals surface area contributed by atoms with Crippen LogP contribution in [0.5, 0.6) is 0 Å². The van der Waals surface area contributed by atoms with Gasteiger partial charge in [-0.1, -0.05) is 41.4 Å². The molecule has 0 aromatic heterocycles. The second-order valence-electron chi connectivity index (χ2n) is 5.83. The smallest absolute Gasteiger partial charge is 0.255 e. The first-order chi connectivity index (χ1) is 11.4. The first kappa shape index (κ1) is 17.0. The third-order valence-corrected chi connectivity index (χ3v) is 5.14. The summed E-state index contributed by atoms with van der Waals surface area (Å²) in [4.78, 5) is 14.6. The van der Waals surface area contributed by atoms with Crippen LogP contribution in [0.1, 0.15) is 46.9 Å². The van der Waals surface area contributed by atoms with Gasteiger partial charge in [-0.2, -0.15) is 0 Å². The Hall–Kier alpha value is -1.84. The van der Waals surface area contributed by atoms with E-state index in [4.69, 9.17) is 23.2 Å². The Bertz CT molecular complexity index is 821. The molecule has 1 heterocycles. The topological polar surface area (TPSA) is 20.3 Å². The maximum absolute atomic E-state index is 13.5. The molecule has 2 aromatic rings. The Kier molecular flexibility index (Phi) is 4.66. The summed E-state index contributed by atoms with van der Waals surface area (Å²) >= 11 is 12.1. The van der Waals surface area contributed by atoms with Gasteiger partial charge in [0.25, 0.3) is 5.91 Å². The van der Waals surface area contributed by atoms with Gasteiger partial charge in [0.05, 0.1) is 22.1 Å². The molecule has 0 saturated heterocycles. The molecule has 0 N–H and O–H groups in total. The van der Waals surface area contributed by atoms with Crippen LogP contribution in [0.4, 0.5) is 4.39 Å². The lowest BCUT2D eigenvalue weighted by molar-refractivity contribution is 0.0643. The van der Waals surface area contributed by atoms with Gasteiger partial charge in [0.1, 0.15) is 5.82 Å². The fraction of sp³-hybridized carbons (Fsp3) is 0.211. The molecule has 1 aliphatic heterocycles. The molecule has 3 rings (SSSR count). The molecule has 2 nitrogen and oxygen atoms in total. The number of benzene rings is 2. The molecular formula is C19H16Cl2FNO. The first-order valence-electron chi connectivity index (χ1n) is 7.62. The van der Waals surface area contributed by atoms with E-state index in [9.17, 15) is 9.18 Å². The standard InChI is InChI=1S/C19H16Cl2FNO/c1-3-4-18(12-5-8-16(20)17(21)9-12)23-11(2)14-7-6-13(22)10-15(14)19(23)24/h3,5-11,18H,1,4H2,2H3. The van der Waals surface area contributed by atoms with E-state index in [2.05, 4.69) is 6.58 Å². The molecule has 0 bridgehead atoms. The van der Waals surface area contributed by atoms with Crippen LogP contribution >= 0.6 is 23.2 Å².